The minimum Gasteiger partial charge on any atom is -0.381 e. The van der Waals surface area contributed by atoms with E-state index in [-0.39, 0.29) is 22.5 Å². The molecule has 0 aromatic rings. The molecule has 1 aliphatic heterocycles. The third-order valence-corrected chi connectivity index (χ3v) is 9.48. The van der Waals surface area contributed by atoms with E-state index in [2.05, 4.69) is 13.8 Å². The van der Waals surface area contributed by atoms with Gasteiger partial charge in [-0.25, -0.2) is 0 Å². The Kier molecular flexibility index (Phi) is 3.92. The first-order valence-electron chi connectivity index (χ1n) is 10.8. The molecule has 0 radical (unpaired) electrons. The highest BCUT2D eigenvalue weighted by Gasteiger charge is 2.64. The second kappa shape index (κ2) is 5.78. The quantitative estimate of drug-likeness (QED) is 0.708. The van der Waals surface area contributed by atoms with Gasteiger partial charge in [0.1, 0.15) is 5.78 Å². The van der Waals surface area contributed by atoms with E-state index in [9.17, 15) is 4.79 Å². The molecule has 0 aromatic carbocycles. The Morgan fingerprint density at radius 3 is 2.42 bits per heavy atom. The molecule has 0 amide bonds. The van der Waals surface area contributed by atoms with Crippen LogP contribution in [-0.2, 0) is 19.0 Å². The van der Waals surface area contributed by atoms with Gasteiger partial charge in [-0.3, -0.25) is 4.79 Å². The van der Waals surface area contributed by atoms with Gasteiger partial charge in [-0.2, -0.15) is 0 Å². The number of methoxy groups -OCH3 is 1. The van der Waals surface area contributed by atoms with Crippen LogP contribution in [-0.4, -0.2) is 38.0 Å². The molecule has 4 aliphatic carbocycles. The number of ether oxygens (including phenoxy) is 3. The highest BCUT2D eigenvalue weighted by molar-refractivity contribution is 5.83. The monoisotopic (exact) mass is 362 g/mol. The zero-order valence-corrected chi connectivity index (χ0v) is 16.6. The normalized spacial score (nSPS) is 52.6. The predicted octanol–water partition coefficient (Wildman–Crippen LogP) is 3.97. The summed E-state index contributed by atoms with van der Waals surface area (Å²) in [5, 5.41) is 0. The van der Waals surface area contributed by atoms with Gasteiger partial charge in [-0.1, -0.05) is 13.8 Å². The molecule has 5 rings (SSSR count). The smallest absolute Gasteiger partial charge is 0.168 e. The van der Waals surface area contributed by atoms with Crippen LogP contribution in [0.25, 0.3) is 0 Å². The van der Waals surface area contributed by atoms with Crippen LogP contribution in [0.5, 0.6) is 0 Å². The molecule has 4 heteroatoms. The van der Waals surface area contributed by atoms with Crippen molar-refractivity contribution in [3.63, 3.8) is 0 Å². The molecular weight excluding hydrogens is 328 g/mol. The summed E-state index contributed by atoms with van der Waals surface area (Å²) in [6.07, 6.45) is 8.82. The van der Waals surface area contributed by atoms with Gasteiger partial charge in [-0.15, -0.1) is 0 Å². The summed E-state index contributed by atoms with van der Waals surface area (Å²) in [6, 6.07) is 0. The summed E-state index contributed by atoms with van der Waals surface area (Å²) in [7, 11) is 1.85. The Bertz CT molecular complexity index is 597. The van der Waals surface area contributed by atoms with Gasteiger partial charge in [-0.05, 0) is 60.7 Å². The lowest BCUT2D eigenvalue weighted by Gasteiger charge is -2.60. The zero-order valence-electron chi connectivity index (χ0n) is 16.6. The van der Waals surface area contributed by atoms with Crippen molar-refractivity contribution in [2.75, 3.05) is 20.3 Å². The van der Waals surface area contributed by atoms with Crippen molar-refractivity contribution in [1.82, 2.24) is 0 Å². The van der Waals surface area contributed by atoms with Gasteiger partial charge in [0.2, 0.25) is 0 Å². The fraction of sp³-hybridized carbons (Fsp3) is 0.955. The Morgan fingerprint density at radius 1 is 0.962 bits per heavy atom. The van der Waals surface area contributed by atoms with Crippen molar-refractivity contribution >= 4 is 5.78 Å². The summed E-state index contributed by atoms with van der Waals surface area (Å²) >= 11 is 0. The summed E-state index contributed by atoms with van der Waals surface area (Å²) in [5.41, 5.74) is 0.466. The van der Waals surface area contributed by atoms with E-state index in [0.717, 1.165) is 32.1 Å². The average Bonchev–Trinajstić information content (AvgIpc) is 3.20. The fourth-order valence-electron chi connectivity index (χ4n) is 7.97. The first kappa shape index (κ1) is 17.6. The maximum Gasteiger partial charge on any atom is 0.168 e. The number of rotatable bonds is 1. The molecule has 1 saturated heterocycles. The Hall–Kier alpha value is -0.450. The van der Waals surface area contributed by atoms with Crippen molar-refractivity contribution < 1.29 is 19.0 Å². The summed E-state index contributed by atoms with van der Waals surface area (Å²) < 4.78 is 17.9. The third kappa shape index (κ3) is 2.21. The Balaban J connectivity index is 1.45. The van der Waals surface area contributed by atoms with Gasteiger partial charge in [0.15, 0.2) is 5.79 Å². The summed E-state index contributed by atoms with van der Waals surface area (Å²) in [4.78, 5) is 13.4. The van der Waals surface area contributed by atoms with Crippen LogP contribution in [0.1, 0.15) is 65.2 Å². The maximum absolute atomic E-state index is 13.4. The number of carbonyl (C=O) groups is 1. The van der Waals surface area contributed by atoms with Crippen molar-refractivity contribution in [1.29, 1.82) is 0 Å². The number of carbonyl (C=O) groups excluding carboxylic acids is 1. The molecular formula is C22H34O4. The Labute approximate surface area is 157 Å². The van der Waals surface area contributed by atoms with Gasteiger partial charge in [0.25, 0.3) is 0 Å². The lowest BCUT2D eigenvalue weighted by Crippen LogP contribution is -2.59. The molecule has 1 heterocycles. The highest BCUT2D eigenvalue weighted by atomic mass is 16.7. The van der Waals surface area contributed by atoms with Crippen molar-refractivity contribution in [3.05, 3.63) is 0 Å². The van der Waals surface area contributed by atoms with Gasteiger partial charge in [0, 0.05) is 32.3 Å². The number of hydrogen-bond donors (Lipinski definition) is 0. The van der Waals surface area contributed by atoms with E-state index in [0.29, 0.717) is 42.9 Å². The van der Waals surface area contributed by atoms with Crippen molar-refractivity contribution in [2.24, 2.45) is 34.5 Å². The third-order valence-electron chi connectivity index (χ3n) is 9.48. The Morgan fingerprint density at radius 2 is 1.69 bits per heavy atom. The van der Waals surface area contributed by atoms with E-state index in [1.54, 1.807) is 0 Å². The molecule has 0 N–H and O–H groups in total. The first-order valence-corrected chi connectivity index (χ1v) is 10.8. The van der Waals surface area contributed by atoms with Crippen LogP contribution >= 0.6 is 0 Å². The number of ketones is 1. The van der Waals surface area contributed by atoms with E-state index in [1.807, 2.05) is 7.11 Å². The molecule has 0 bridgehead atoms. The zero-order chi connectivity index (χ0) is 18.2. The molecule has 0 unspecified atom stereocenters. The standard InChI is InChI=1S/C22H34O4/c1-20-8-9-22(25-10-11-26-22)13-14(20)12-17(23)19-15-4-5-18(24-3)21(15,2)7-6-16(19)20/h14-16,18-19H,4-13H2,1-3H3/t14-,15-,16-,18-,19-,20-,21-/m0/s1. The van der Waals surface area contributed by atoms with Gasteiger partial charge in [0.05, 0.1) is 19.3 Å². The van der Waals surface area contributed by atoms with Crippen LogP contribution in [0.3, 0.4) is 0 Å². The van der Waals surface area contributed by atoms with Crippen LogP contribution in [0.4, 0.5) is 0 Å². The van der Waals surface area contributed by atoms with Gasteiger partial charge >= 0.3 is 0 Å². The van der Waals surface area contributed by atoms with Crippen molar-refractivity contribution in [3.8, 4) is 0 Å². The van der Waals surface area contributed by atoms with Crippen LogP contribution < -0.4 is 0 Å². The molecule has 0 aromatic heterocycles. The highest BCUT2D eigenvalue weighted by Crippen LogP contribution is 2.66. The van der Waals surface area contributed by atoms with E-state index in [1.165, 1.54) is 19.3 Å². The number of Topliss-reactive ketones (excluding diaryl/α,β-unsaturated/α-hetero) is 1. The predicted molar refractivity (Wildman–Crippen MR) is 97.5 cm³/mol. The minimum atomic E-state index is -0.380. The largest absolute Gasteiger partial charge is 0.381 e. The second-order valence-electron chi connectivity index (χ2n) is 10.3. The first-order chi connectivity index (χ1) is 12.4. The second-order valence-corrected chi connectivity index (χ2v) is 10.3. The van der Waals surface area contributed by atoms with E-state index < -0.39 is 0 Å². The van der Waals surface area contributed by atoms with Crippen molar-refractivity contribution in [2.45, 2.75) is 77.1 Å². The fourth-order valence-corrected chi connectivity index (χ4v) is 7.97. The topological polar surface area (TPSA) is 44.8 Å². The van der Waals surface area contributed by atoms with Crippen LogP contribution in [0.2, 0.25) is 0 Å². The minimum absolute atomic E-state index is 0.197. The van der Waals surface area contributed by atoms with E-state index in [4.69, 9.17) is 14.2 Å². The molecule has 26 heavy (non-hydrogen) atoms. The SMILES string of the molecule is CO[C@H]1CC[C@H]2[C@@H]3C(=O)C[C@H]4CC5(CC[C@]4(C)[C@H]3CC[C@]12C)OCCO5. The maximum atomic E-state index is 13.4. The van der Waals surface area contributed by atoms with Gasteiger partial charge < -0.3 is 14.2 Å². The number of hydrogen-bond acceptors (Lipinski definition) is 4. The molecule has 5 fully saturated rings. The average molecular weight is 363 g/mol. The lowest BCUT2D eigenvalue weighted by molar-refractivity contribution is -0.227. The number of fused-ring (bicyclic) bond motifs is 5. The summed E-state index contributed by atoms with van der Waals surface area (Å²) in [5.74, 6) is 1.89. The van der Waals surface area contributed by atoms with Crippen LogP contribution in [0, 0.1) is 34.5 Å². The molecule has 4 nitrogen and oxygen atoms in total. The molecule has 4 saturated carbocycles. The molecule has 7 atom stereocenters. The molecule has 146 valence electrons. The molecule has 5 aliphatic rings. The lowest BCUT2D eigenvalue weighted by atomic mass is 9.44. The van der Waals surface area contributed by atoms with E-state index >= 15 is 0 Å². The van der Waals surface area contributed by atoms with Crippen LogP contribution in [0.15, 0.2) is 0 Å². The summed E-state index contributed by atoms with van der Waals surface area (Å²) in [6.45, 7) is 6.30. The molecule has 1 spiro atoms.